The minimum absolute atomic E-state index is 0.531. The third-order valence-electron chi connectivity index (χ3n) is 3.39. The van der Waals surface area contributed by atoms with Crippen LogP contribution in [0.3, 0.4) is 0 Å². The van der Waals surface area contributed by atoms with Crippen molar-refractivity contribution in [2.75, 3.05) is 0 Å². The molecule has 0 aromatic carbocycles. The second-order valence-electron chi connectivity index (χ2n) is 4.68. The largest absolute Gasteiger partial charge is 0.466 e. The fourth-order valence-electron chi connectivity index (χ4n) is 2.31. The van der Waals surface area contributed by atoms with Crippen LogP contribution in [0.5, 0.6) is 0 Å². The van der Waals surface area contributed by atoms with Gasteiger partial charge in [0.15, 0.2) is 0 Å². The topological polar surface area (TPSA) is 51.2 Å². The van der Waals surface area contributed by atoms with Crippen LogP contribution in [0.15, 0.2) is 16.8 Å². The molecule has 0 saturated heterocycles. The van der Waals surface area contributed by atoms with E-state index in [0.717, 1.165) is 34.8 Å². The summed E-state index contributed by atoms with van der Waals surface area (Å²) in [5, 5.41) is 14.5. The maximum atomic E-state index is 10.3. The Balaban J connectivity index is 2.18. The predicted molar refractivity (Wildman–Crippen MR) is 69.5 cm³/mol. The molecule has 2 aromatic rings. The van der Waals surface area contributed by atoms with Crippen molar-refractivity contribution >= 4 is 0 Å². The molecule has 4 heteroatoms. The molecule has 0 aliphatic heterocycles. The van der Waals surface area contributed by atoms with E-state index >= 15 is 0 Å². The molecule has 0 aliphatic carbocycles. The number of aliphatic hydroxyl groups excluding tert-OH is 1. The molecule has 0 radical (unpaired) electrons. The molecule has 4 nitrogen and oxygen atoms in total. The van der Waals surface area contributed by atoms with E-state index in [1.807, 2.05) is 44.8 Å². The van der Waals surface area contributed by atoms with Crippen LogP contribution in [0.2, 0.25) is 0 Å². The molecular formula is C14H20N2O2. The molecule has 2 rings (SSSR count). The van der Waals surface area contributed by atoms with Gasteiger partial charge in [0, 0.05) is 24.7 Å². The zero-order valence-electron chi connectivity index (χ0n) is 11.4. The summed E-state index contributed by atoms with van der Waals surface area (Å²) < 4.78 is 7.41. The maximum absolute atomic E-state index is 10.3. The third kappa shape index (κ3) is 2.34. The lowest BCUT2D eigenvalue weighted by Crippen LogP contribution is -2.03. The number of aliphatic hydroxyl groups is 1. The van der Waals surface area contributed by atoms with Crippen LogP contribution in [-0.2, 0) is 13.0 Å². The summed E-state index contributed by atoms with van der Waals surface area (Å²) in [6, 6.07) is 0. The van der Waals surface area contributed by atoms with E-state index in [-0.39, 0.29) is 0 Å². The quantitative estimate of drug-likeness (QED) is 0.905. The second-order valence-corrected chi connectivity index (χ2v) is 4.68. The molecule has 0 fully saturated rings. The van der Waals surface area contributed by atoms with Crippen LogP contribution in [0.25, 0.3) is 0 Å². The number of hydrogen-bond donors (Lipinski definition) is 1. The minimum Gasteiger partial charge on any atom is -0.466 e. The Hall–Kier alpha value is -1.55. The lowest BCUT2D eigenvalue weighted by atomic mass is 10.00. The summed E-state index contributed by atoms with van der Waals surface area (Å²) in [4.78, 5) is 0. The van der Waals surface area contributed by atoms with E-state index in [9.17, 15) is 5.11 Å². The third-order valence-corrected chi connectivity index (χ3v) is 3.39. The van der Waals surface area contributed by atoms with E-state index in [1.165, 1.54) is 0 Å². The van der Waals surface area contributed by atoms with Crippen molar-refractivity contribution in [3.63, 3.8) is 0 Å². The molecule has 0 amide bonds. The van der Waals surface area contributed by atoms with E-state index in [2.05, 4.69) is 5.10 Å². The van der Waals surface area contributed by atoms with Crippen LogP contribution >= 0.6 is 0 Å². The first-order valence-electron chi connectivity index (χ1n) is 6.28. The summed E-state index contributed by atoms with van der Waals surface area (Å²) in [5.74, 6) is 1.69. The van der Waals surface area contributed by atoms with E-state index in [4.69, 9.17) is 4.42 Å². The number of hydrogen-bond acceptors (Lipinski definition) is 3. The van der Waals surface area contributed by atoms with E-state index in [0.29, 0.717) is 6.42 Å². The predicted octanol–water partition coefficient (Wildman–Crippen LogP) is 2.70. The Morgan fingerprint density at radius 3 is 2.56 bits per heavy atom. The minimum atomic E-state index is -0.531. The van der Waals surface area contributed by atoms with Gasteiger partial charge in [-0.05, 0) is 38.8 Å². The molecule has 1 N–H and O–H groups in total. The van der Waals surface area contributed by atoms with E-state index < -0.39 is 6.10 Å². The molecule has 0 aliphatic rings. The van der Waals surface area contributed by atoms with Gasteiger partial charge in [-0.25, -0.2) is 0 Å². The molecule has 0 spiro atoms. The van der Waals surface area contributed by atoms with Crippen molar-refractivity contribution in [2.45, 2.75) is 46.8 Å². The average molecular weight is 248 g/mol. The van der Waals surface area contributed by atoms with Gasteiger partial charge in [0.25, 0.3) is 0 Å². The second kappa shape index (κ2) is 4.98. The Morgan fingerprint density at radius 2 is 2.06 bits per heavy atom. The summed E-state index contributed by atoms with van der Waals surface area (Å²) in [6.45, 7) is 8.70. The highest BCUT2D eigenvalue weighted by molar-refractivity contribution is 5.34. The van der Waals surface area contributed by atoms with Crippen molar-refractivity contribution in [3.05, 3.63) is 40.6 Å². The Labute approximate surface area is 107 Å². The van der Waals surface area contributed by atoms with Gasteiger partial charge < -0.3 is 9.52 Å². The SMILES string of the molecule is CCn1cc(CC(O)c2c(C)oc(C)c2C)cn1. The van der Waals surface area contributed by atoms with Gasteiger partial charge in [-0.3, -0.25) is 4.68 Å². The highest BCUT2D eigenvalue weighted by atomic mass is 16.3. The Morgan fingerprint density at radius 1 is 1.33 bits per heavy atom. The summed E-state index contributed by atoms with van der Waals surface area (Å²) in [6.07, 6.45) is 3.82. The molecule has 2 aromatic heterocycles. The van der Waals surface area contributed by atoms with Crippen molar-refractivity contribution in [2.24, 2.45) is 0 Å². The van der Waals surface area contributed by atoms with Crippen LogP contribution < -0.4 is 0 Å². The van der Waals surface area contributed by atoms with Crippen LogP contribution in [-0.4, -0.2) is 14.9 Å². The van der Waals surface area contributed by atoms with Crippen molar-refractivity contribution < 1.29 is 9.52 Å². The zero-order valence-corrected chi connectivity index (χ0v) is 11.4. The molecule has 1 atom stereocenters. The van der Waals surface area contributed by atoms with Crippen molar-refractivity contribution in [1.82, 2.24) is 9.78 Å². The van der Waals surface area contributed by atoms with Gasteiger partial charge in [0.2, 0.25) is 0 Å². The molecule has 0 bridgehead atoms. The Kier molecular flexibility index (Phi) is 3.57. The smallest absolute Gasteiger partial charge is 0.107 e. The first-order valence-corrected chi connectivity index (χ1v) is 6.28. The molecule has 18 heavy (non-hydrogen) atoms. The molecule has 2 heterocycles. The fourth-order valence-corrected chi connectivity index (χ4v) is 2.31. The van der Waals surface area contributed by atoms with Gasteiger partial charge >= 0.3 is 0 Å². The standard InChI is InChI=1S/C14H20N2O2/c1-5-16-8-12(7-15-16)6-13(17)14-9(2)10(3)18-11(14)4/h7-8,13,17H,5-6H2,1-4H3. The van der Waals surface area contributed by atoms with Gasteiger partial charge in [-0.15, -0.1) is 0 Å². The molecule has 0 saturated carbocycles. The number of nitrogens with zero attached hydrogens (tertiary/aromatic N) is 2. The zero-order chi connectivity index (χ0) is 13.3. The first kappa shape index (κ1) is 12.9. The maximum Gasteiger partial charge on any atom is 0.107 e. The van der Waals surface area contributed by atoms with Gasteiger partial charge in [-0.1, -0.05) is 0 Å². The van der Waals surface area contributed by atoms with Gasteiger partial charge in [-0.2, -0.15) is 5.10 Å². The van der Waals surface area contributed by atoms with Crippen LogP contribution in [0, 0.1) is 20.8 Å². The molecular weight excluding hydrogens is 228 g/mol. The van der Waals surface area contributed by atoms with Crippen molar-refractivity contribution in [1.29, 1.82) is 0 Å². The van der Waals surface area contributed by atoms with Gasteiger partial charge in [0.05, 0.1) is 12.3 Å². The van der Waals surface area contributed by atoms with Crippen molar-refractivity contribution in [3.8, 4) is 0 Å². The number of rotatable bonds is 4. The first-order chi connectivity index (χ1) is 8.52. The lowest BCUT2D eigenvalue weighted by Gasteiger charge is -2.09. The summed E-state index contributed by atoms with van der Waals surface area (Å²) >= 11 is 0. The molecule has 1 unspecified atom stereocenters. The number of aromatic nitrogens is 2. The average Bonchev–Trinajstić information content (AvgIpc) is 2.85. The van der Waals surface area contributed by atoms with Gasteiger partial charge in [0.1, 0.15) is 11.5 Å². The number of aryl methyl sites for hydroxylation is 3. The monoisotopic (exact) mass is 248 g/mol. The number of furan rings is 1. The highest BCUT2D eigenvalue weighted by Crippen LogP contribution is 2.29. The lowest BCUT2D eigenvalue weighted by molar-refractivity contribution is 0.176. The Bertz CT molecular complexity index is 540. The summed E-state index contributed by atoms with van der Waals surface area (Å²) in [7, 11) is 0. The van der Waals surface area contributed by atoms with Crippen LogP contribution in [0.1, 0.15) is 41.2 Å². The normalized spacial score (nSPS) is 12.9. The fraction of sp³-hybridized carbons (Fsp3) is 0.500. The van der Waals surface area contributed by atoms with E-state index in [1.54, 1.807) is 0 Å². The summed E-state index contributed by atoms with van der Waals surface area (Å²) in [5.41, 5.74) is 3.00. The highest BCUT2D eigenvalue weighted by Gasteiger charge is 2.19. The van der Waals surface area contributed by atoms with Crippen LogP contribution in [0.4, 0.5) is 0 Å². The molecule has 98 valence electrons.